The third-order valence-electron chi connectivity index (χ3n) is 2.64. The number of carbonyl (C=O) groups excluding carboxylic acids is 1. The molecule has 0 saturated heterocycles. The Morgan fingerprint density at radius 3 is 2.89 bits per heavy atom. The number of halogens is 1. The van der Waals surface area contributed by atoms with Crippen LogP contribution in [0.4, 0.5) is 5.69 Å². The van der Waals surface area contributed by atoms with Gasteiger partial charge in [0, 0.05) is 22.0 Å². The van der Waals surface area contributed by atoms with E-state index >= 15 is 0 Å². The Balaban J connectivity index is 1.91. The van der Waals surface area contributed by atoms with Crippen molar-refractivity contribution in [3.63, 3.8) is 0 Å². The lowest BCUT2D eigenvalue weighted by molar-refractivity contribution is -0.116. The van der Waals surface area contributed by atoms with E-state index in [1.807, 2.05) is 36.6 Å². The third-order valence-corrected chi connectivity index (χ3v) is 3.81. The second kappa shape index (κ2) is 6.03. The molecule has 0 aliphatic carbocycles. The standard InChI is InChI=1S/C14H14ClNOS/c1-10-9-11(15)4-6-13(10)16-14(17)7-5-12-3-2-8-18-12/h2-4,6,8-9H,5,7H2,1H3,(H,16,17). The molecule has 4 heteroatoms. The zero-order chi connectivity index (χ0) is 13.0. The van der Waals surface area contributed by atoms with Crippen molar-refractivity contribution >= 4 is 34.5 Å². The molecule has 1 aromatic carbocycles. The lowest BCUT2D eigenvalue weighted by Gasteiger charge is -2.08. The van der Waals surface area contributed by atoms with Crippen LogP contribution < -0.4 is 5.32 Å². The van der Waals surface area contributed by atoms with Gasteiger partial charge in [0.2, 0.25) is 5.91 Å². The van der Waals surface area contributed by atoms with Crippen LogP contribution in [-0.4, -0.2) is 5.91 Å². The third kappa shape index (κ3) is 3.59. The minimum atomic E-state index is 0.0359. The number of benzene rings is 1. The summed E-state index contributed by atoms with van der Waals surface area (Å²) < 4.78 is 0. The SMILES string of the molecule is Cc1cc(Cl)ccc1NC(=O)CCc1cccs1. The Kier molecular flexibility index (Phi) is 4.39. The van der Waals surface area contributed by atoms with Crippen molar-refractivity contribution in [3.8, 4) is 0 Å². The second-order valence-corrected chi connectivity index (χ2v) is 5.56. The minimum absolute atomic E-state index is 0.0359. The highest BCUT2D eigenvalue weighted by Gasteiger charge is 2.06. The van der Waals surface area contributed by atoms with Crippen molar-refractivity contribution in [1.82, 2.24) is 0 Å². The topological polar surface area (TPSA) is 29.1 Å². The van der Waals surface area contributed by atoms with Crippen LogP contribution in [0.15, 0.2) is 35.7 Å². The van der Waals surface area contributed by atoms with Crippen molar-refractivity contribution in [2.24, 2.45) is 0 Å². The highest BCUT2D eigenvalue weighted by Crippen LogP contribution is 2.20. The molecular formula is C14H14ClNOS. The summed E-state index contributed by atoms with van der Waals surface area (Å²) in [7, 11) is 0. The van der Waals surface area contributed by atoms with Gasteiger partial charge in [0.15, 0.2) is 0 Å². The fraction of sp³-hybridized carbons (Fsp3) is 0.214. The maximum atomic E-state index is 11.8. The van der Waals surface area contributed by atoms with Crippen molar-refractivity contribution in [2.75, 3.05) is 5.32 Å². The molecule has 0 aliphatic rings. The molecule has 2 aromatic rings. The van der Waals surface area contributed by atoms with Gasteiger partial charge in [-0.15, -0.1) is 11.3 Å². The molecule has 0 fully saturated rings. The molecule has 0 unspecified atom stereocenters. The van der Waals surface area contributed by atoms with Gasteiger partial charge in [-0.2, -0.15) is 0 Å². The predicted octanol–water partition coefficient (Wildman–Crippen LogP) is 4.28. The molecule has 2 rings (SSSR count). The molecule has 1 N–H and O–H groups in total. The fourth-order valence-electron chi connectivity index (χ4n) is 1.67. The van der Waals surface area contributed by atoms with E-state index in [4.69, 9.17) is 11.6 Å². The van der Waals surface area contributed by atoms with E-state index in [0.717, 1.165) is 17.7 Å². The van der Waals surface area contributed by atoms with Crippen LogP contribution in [0.1, 0.15) is 16.9 Å². The van der Waals surface area contributed by atoms with E-state index in [1.165, 1.54) is 4.88 Å². The molecule has 0 radical (unpaired) electrons. The van der Waals surface area contributed by atoms with Crippen molar-refractivity contribution in [1.29, 1.82) is 0 Å². The summed E-state index contributed by atoms with van der Waals surface area (Å²) in [5.41, 5.74) is 1.81. The Morgan fingerprint density at radius 1 is 1.39 bits per heavy atom. The summed E-state index contributed by atoms with van der Waals surface area (Å²) in [6, 6.07) is 9.51. The lowest BCUT2D eigenvalue weighted by atomic mass is 10.2. The van der Waals surface area contributed by atoms with Gasteiger partial charge in [0.1, 0.15) is 0 Å². The van der Waals surface area contributed by atoms with Gasteiger partial charge in [-0.05, 0) is 48.6 Å². The number of thiophene rings is 1. The molecule has 0 saturated carbocycles. The van der Waals surface area contributed by atoms with E-state index in [0.29, 0.717) is 11.4 Å². The Hall–Kier alpha value is -1.32. The summed E-state index contributed by atoms with van der Waals surface area (Å²) in [6.45, 7) is 1.93. The molecule has 2 nitrogen and oxygen atoms in total. The summed E-state index contributed by atoms with van der Waals surface area (Å²) in [4.78, 5) is 13.0. The summed E-state index contributed by atoms with van der Waals surface area (Å²) in [5, 5.41) is 5.62. The molecule has 0 bridgehead atoms. The monoisotopic (exact) mass is 279 g/mol. The number of hydrogen-bond donors (Lipinski definition) is 1. The van der Waals surface area contributed by atoms with E-state index in [-0.39, 0.29) is 5.91 Å². The molecule has 0 aliphatic heterocycles. The number of nitrogens with one attached hydrogen (secondary N) is 1. The molecule has 0 spiro atoms. The van der Waals surface area contributed by atoms with E-state index in [1.54, 1.807) is 17.4 Å². The maximum absolute atomic E-state index is 11.8. The van der Waals surface area contributed by atoms with Crippen LogP contribution in [0.25, 0.3) is 0 Å². The predicted molar refractivity (Wildman–Crippen MR) is 77.5 cm³/mol. The van der Waals surface area contributed by atoms with Gasteiger partial charge < -0.3 is 5.32 Å². The van der Waals surface area contributed by atoms with E-state index in [9.17, 15) is 4.79 Å². The highest BCUT2D eigenvalue weighted by molar-refractivity contribution is 7.09. The Morgan fingerprint density at radius 2 is 2.22 bits per heavy atom. The molecule has 0 atom stereocenters. The smallest absolute Gasteiger partial charge is 0.224 e. The maximum Gasteiger partial charge on any atom is 0.224 e. The summed E-state index contributed by atoms with van der Waals surface area (Å²) >= 11 is 7.55. The van der Waals surface area contributed by atoms with Crippen LogP contribution in [0.5, 0.6) is 0 Å². The van der Waals surface area contributed by atoms with Crippen LogP contribution in [-0.2, 0) is 11.2 Å². The normalized spacial score (nSPS) is 10.3. The van der Waals surface area contributed by atoms with Crippen LogP contribution >= 0.6 is 22.9 Å². The van der Waals surface area contributed by atoms with Gasteiger partial charge >= 0.3 is 0 Å². The molecule has 1 aromatic heterocycles. The Labute approximate surface area is 116 Å². The number of hydrogen-bond acceptors (Lipinski definition) is 2. The molecule has 1 heterocycles. The second-order valence-electron chi connectivity index (χ2n) is 4.09. The first kappa shape index (κ1) is 13.1. The first-order valence-electron chi connectivity index (χ1n) is 5.73. The molecular weight excluding hydrogens is 266 g/mol. The van der Waals surface area contributed by atoms with E-state index < -0.39 is 0 Å². The van der Waals surface area contributed by atoms with Crippen LogP contribution in [0.2, 0.25) is 5.02 Å². The molecule has 18 heavy (non-hydrogen) atoms. The first-order chi connectivity index (χ1) is 8.65. The average molecular weight is 280 g/mol. The number of amides is 1. The van der Waals surface area contributed by atoms with Crippen LogP contribution in [0.3, 0.4) is 0 Å². The van der Waals surface area contributed by atoms with Gasteiger partial charge in [-0.3, -0.25) is 4.79 Å². The Bertz CT molecular complexity index is 537. The number of carbonyl (C=O) groups is 1. The highest BCUT2D eigenvalue weighted by atomic mass is 35.5. The largest absolute Gasteiger partial charge is 0.326 e. The molecule has 94 valence electrons. The van der Waals surface area contributed by atoms with Crippen LogP contribution in [0, 0.1) is 6.92 Å². The molecule has 1 amide bonds. The summed E-state index contributed by atoms with van der Waals surface area (Å²) in [5.74, 6) is 0.0359. The average Bonchev–Trinajstić information content (AvgIpc) is 2.83. The summed E-state index contributed by atoms with van der Waals surface area (Å²) in [6.07, 6.45) is 1.29. The first-order valence-corrected chi connectivity index (χ1v) is 6.99. The van der Waals surface area contributed by atoms with Crippen molar-refractivity contribution < 1.29 is 4.79 Å². The number of rotatable bonds is 4. The fourth-order valence-corrected chi connectivity index (χ4v) is 2.61. The van der Waals surface area contributed by atoms with E-state index in [2.05, 4.69) is 5.32 Å². The van der Waals surface area contributed by atoms with Crippen molar-refractivity contribution in [3.05, 3.63) is 51.2 Å². The quantitative estimate of drug-likeness (QED) is 0.889. The minimum Gasteiger partial charge on any atom is -0.326 e. The van der Waals surface area contributed by atoms with Gasteiger partial charge in [-0.1, -0.05) is 17.7 Å². The lowest BCUT2D eigenvalue weighted by Crippen LogP contribution is -2.12. The number of aryl methyl sites for hydroxylation is 2. The van der Waals surface area contributed by atoms with Gasteiger partial charge in [-0.25, -0.2) is 0 Å². The number of anilines is 1. The zero-order valence-corrected chi connectivity index (χ0v) is 11.6. The van der Waals surface area contributed by atoms with Crippen molar-refractivity contribution in [2.45, 2.75) is 19.8 Å². The zero-order valence-electron chi connectivity index (χ0n) is 10.1. The van der Waals surface area contributed by atoms with Gasteiger partial charge in [0.05, 0.1) is 0 Å². The van der Waals surface area contributed by atoms with Gasteiger partial charge in [0.25, 0.3) is 0 Å².